The predicted octanol–water partition coefficient (Wildman–Crippen LogP) is 1.53. The zero-order valence-corrected chi connectivity index (χ0v) is 11.8. The van der Waals surface area contributed by atoms with Gasteiger partial charge in [-0.05, 0) is 38.2 Å². The Hall–Kier alpha value is -1.67. The fraction of sp³-hybridized carbons (Fsp3) is 0.643. The molecule has 0 saturated carbocycles. The highest BCUT2D eigenvalue weighted by Crippen LogP contribution is 2.30. The summed E-state index contributed by atoms with van der Waals surface area (Å²) < 4.78 is 0. The zero-order valence-electron chi connectivity index (χ0n) is 11.8. The molecule has 2 rings (SSSR count). The van der Waals surface area contributed by atoms with E-state index < -0.39 is 0 Å². The molecule has 1 aromatic rings. The van der Waals surface area contributed by atoms with Gasteiger partial charge in [0.1, 0.15) is 11.6 Å². The highest BCUT2D eigenvalue weighted by Gasteiger charge is 2.30. The van der Waals surface area contributed by atoms with Crippen LogP contribution in [0.1, 0.15) is 36.6 Å². The molecule has 5 heteroatoms. The Morgan fingerprint density at radius 2 is 2.16 bits per heavy atom. The summed E-state index contributed by atoms with van der Waals surface area (Å²) in [5, 5.41) is 17.8. The van der Waals surface area contributed by atoms with Crippen molar-refractivity contribution in [1.29, 1.82) is 5.26 Å². The molecular weight excluding hydrogens is 238 g/mol. The van der Waals surface area contributed by atoms with Crippen molar-refractivity contribution in [3.05, 3.63) is 16.8 Å². The van der Waals surface area contributed by atoms with Crippen LogP contribution in [0.4, 0.5) is 5.82 Å². The molecule has 0 aromatic carbocycles. The summed E-state index contributed by atoms with van der Waals surface area (Å²) in [7, 11) is 0. The monoisotopic (exact) mass is 259 g/mol. The van der Waals surface area contributed by atoms with E-state index in [1.807, 2.05) is 13.8 Å². The molecule has 2 N–H and O–H groups in total. The van der Waals surface area contributed by atoms with Gasteiger partial charge in [-0.1, -0.05) is 6.92 Å². The van der Waals surface area contributed by atoms with E-state index in [1.165, 1.54) is 6.42 Å². The number of hydrogen-bond acceptors (Lipinski definition) is 5. The van der Waals surface area contributed by atoms with Crippen LogP contribution in [0.5, 0.6) is 0 Å². The normalized spacial score (nSPS) is 23.2. The van der Waals surface area contributed by atoms with Gasteiger partial charge in [0.25, 0.3) is 0 Å². The fourth-order valence-corrected chi connectivity index (χ4v) is 2.80. The minimum Gasteiger partial charge on any atom is -0.349 e. The highest BCUT2D eigenvalue weighted by molar-refractivity contribution is 5.58. The van der Waals surface area contributed by atoms with Gasteiger partial charge in [-0.3, -0.25) is 0 Å². The first-order valence-electron chi connectivity index (χ1n) is 6.80. The maximum atomic E-state index is 9.40. The Kier molecular flexibility index (Phi) is 4.01. The summed E-state index contributed by atoms with van der Waals surface area (Å²) in [6.45, 7) is 7.51. The molecule has 0 aliphatic carbocycles. The van der Waals surface area contributed by atoms with Gasteiger partial charge in [-0.25, -0.2) is 0 Å². The van der Waals surface area contributed by atoms with Crippen LogP contribution in [0.2, 0.25) is 0 Å². The highest BCUT2D eigenvalue weighted by atomic mass is 15.3. The summed E-state index contributed by atoms with van der Waals surface area (Å²) in [6, 6.07) is 2.52. The molecule has 102 valence electrons. The molecule has 5 nitrogen and oxygen atoms in total. The second-order valence-corrected chi connectivity index (χ2v) is 5.34. The molecule has 1 fully saturated rings. The molecule has 1 aromatic heterocycles. The van der Waals surface area contributed by atoms with Crippen LogP contribution in [-0.4, -0.2) is 29.3 Å². The van der Waals surface area contributed by atoms with E-state index in [4.69, 9.17) is 5.73 Å². The number of hydrogen-bond donors (Lipinski definition) is 1. The average molecular weight is 259 g/mol. The molecular formula is C14H21N5. The van der Waals surface area contributed by atoms with E-state index >= 15 is 0 Å². The lowest BCUT2D eigenvalue weighted by molar-refractivity contribution is 0.347. The lowest BCUT2D eigenvalue weighted by Crippen LogP contribution is -2.49. The van der Waals surface area contributed by atoms with E-state index in [9.17, 15) is 5.26 Å². The van der Waals surface area contributed by atoms with Crippen LogP contribution in [-0.2, 0) is 0 Å². The van der Waals surface area contributed by atoms with E-state index in [-0.39, 0.29) is 6.04 Å². The largest absolute Gasteiger partial charge is 0.349 e. The second kappa shape index (κ2) is 5.54. The summed E-state index contributed by atoms with van der Waals surface area (Å²) >= 11 is 0. The zero-order chi connectivity index (χ0) is 14.0. The Balaban J connectivity index is 2.46. The smallest absolute Gasteiger partial charge is 0.169 e. The summed E-state index contributed by atoms with van der Waals surface area (Å²) in [4.78, 5) is 2.17. The number of rotatable bonds is 2. The lowest BCUT2D eigenvalue weighted by Gasteiger charge is -2.40. The third kappa shape index (κ3) is 2.41. The van der Waals surface area contributed by atoms with Crippen LogP contribution in [0.25, 0.3) is 0 Å². The molecule has 0 spiro atoms. The van der Waals surface area contributed by atoms with Crippen molar-refractivity contribution in [2.45, 2.75) is 39.7 Å². The first kappa shape index (κ1) is 13.8. The third-order valence-electron chi connectivity index (χ3n) is 4.18. The number of nitrogens with zero attached hydrogens (tertiary/aromatic N) is 4. The fourth-order valence-electron chi connectivity index (χ4n) is 2.80. The molecule has 2 unspecified atom stereocenters. The number of nitrogens with two attached hydrogens (primary N) is 1. The number of aromatic nitrogens is 2. The number of anilines is 1. The van der Waals surface area contributed by atoms with Crippen LogP contribution in [0.15, 0.2) is 0 Å². The van der Waals surface area contributed by atoms with Gasteiger partial charge < -0.3 is 10.6 Å². The van der Waals surface area contributed by atoms with E-state index in [1.54, 1.807) is 0 Å². The van der Waals surface area contributed by atoms with E-state index in [0.717, 1.165) is 24.2 Å². The van der Waals surface area contributed by atoms with Crippen LogP contribution >= 0.6 is 0 Å². The van der Waals surface area contributed by atoms with Crippen LogP contribution < -0.4 is 10.6 Å². The summed E-state index contributed by atoms with van der Waals surface area (Å²) in [5.74, 6) is 1.22. The van der Waals surface area contributed by atoms with E-state index in [0.29, 0.717) is 23.8 Å². The van der Waals surface area contributed by atoms with Gasteiger partial charge in [0, 0.05) is 19.1 Å². The summed E-state index contributed by atoms with van der Waals surface area (Å²) in [5.41, 5.74) is 8.28. The Bertz CT molecular complexity index is 505. The van der Waals surface area contributed by atoms with Crippen LogP contribution in [0.3, 0.4) is 0 Å². The van der Waals surface area contributed by atoms with Crippen molar-refractivity contribution in [2.75, 3.05) is 18.0 Å². The SMILES string of the molecule is Cc1nnc(N2CCCC(C)C2CN)c(C#N)c1C. The number of aryl methyl sites for hydroxylation is 1. The topological polar surface area (TPSA) is 78.8 Å². The molecule has 2 heterocycles. The Morgan fingerprint density at radius 3 is 2.79 bits per heavy atom. The Labute approximate surface area is 114 Å². The van der Waals surface area contributed by atoms with Gasteiger partial charge >= 0.3 is 0 Å². The van der Waals surface area contributed by atoms with Gasteiger partial charge in [-0.15, -0.1) is 5.10 Å². The van der Waals surface area contributed by atoms with Crippen molar-refractivity contribution in [1.82, 2.24) is 10.2 Å². The van der Waals surface area contributed by atoms with Crippen LogP contribution in [0, 0.1) is 31.1 Å². The minimum atomic E-state index is 0.247. The first-order chi connectivity index (χ1) is 9.10. The molecule has 1 aliphatic heterocycles. The van der Waals surface area contributed by atoms with Gasteiger partial charge in [-0.2, -0.15) is 10.4 Å². The minimum absolute atomic E-state index is 0.247. The lowest BCUT2D eigenvalue weighted by atomic mass is 9.90. The van der Waals surface area contributed by atoms with Gasteiger partial charge in [0.15, 0.2) is 5.82 Å². The summed E-state index contributed by atoms with van der Waals surface area (Å²) in [6.07, 6.45) is 2.29. The molecule has 1 aliphatic rings. The molecule has 19 heavy (non-hydrogen) atoms. The van der Waals surface area contributed by atoms with Crippen molar-refractivity contribution in [3.63, 3.8) is 0 Å². The van der Waals surface area contributed by atoms with Crippen molar-refractivity contribution >= 4 is 5.82 Å². The maximum Gasteiger partial charge on any atom is 0.169 e. The van der Waals surface area contributed by atoms with Crippen molar-refractivity contribution in [2.24, 2.45) is 11.7 Å². The number of piperidine rings is 1. The Morgan fingerprint density at radius 1 is 1.42 bits per heavy atom. The average Bonchev–Trinajstić information content (AvgIpc) is 2.41. The number of nitriles is 1. The van der Waals surface area contributed by atoms with Crippen molar-refractivity contribution < 1.29 is 0 Å². The van der Waals surface area contributed by atoms with E-state index in [2.05, 4.69) is 28.1 Å². The molecule has 1 saturated heterocycles. The van der Waals surface area contributed by atoms with Gasteiger partial charge in [0.05, 0.1) is 5.69 Å². The standard InChI is InChI=1S/C14H21N5/c1-9-5-4-6-19(13(9)8-16)14-12(7-15)10(2)11(3)17-18-14/h9,13H,4-6,8,16H2,1-3H3. The molecule has 0 amide bonds. The maximum absolute atomic E-state index is 9.40. The van der Waals surface area contributed by atoms with Gasteiger partial charge in [0.2, 0.25) is 0 Å². The molecule has 0 bridgehead atoms. The second-order valence-electron chi connectivity index (χ2n) is 5.34. The quantitative estimate of drug-likeness (QED) is 0.871. The third-order valence-corrected chi connectivity index (χ3v) is 4.18. The molecule has 2 atom stereocenters. The first-order valence-corrected chi connectivity index (χ1v) is 6.80. The molecule has 0 radical (unpaired) electrons. The predicted molar refractivity (Wildman–Crippen MR) is 74.8 cm³/mol. The van der Waals surface area contributed by atoms with Crippen molar-refractivity contribution in [3.8, 4) is 6.07 Å².